The zero-order valence-corrected chi connectivity index (χ0v) is 13.8. The Morgan fingerprint density at radius 3 is 2.59 bits per heavy atom. The number of hydrogen-bond donors (Lipinski definition) is 0. The Morgan fingerprint density at radius 2 is 1.91 bits per heavy atom. The Balaban J connectivity index is 2.09. The molecule has 0 saturated carbocycles. The molecule has 0 N–H and O–H groups in total. The summed E-state index contributed by atoms with van der Waals surface area (Å²) in [4.78, 5) is 13.6. The molecule has 0 bridgehead atoms. The van der Waals surface area contributed by atoms with E-state index in [1.54, 1.807) is 0 Å². The highest BCUT2D eigenvalue weighted by molar-refractivity contribution is 5.93. The van der Waals surface area contributed by atoms with Crippen LogP contribution in [0.25, 0.3) is 11.1 Å². The van der Waals surface area contributed by atoms with E-state index in [1.165, 1.54) is 0 Å². The van der Waals surface area contributed by atoms with Crippen LogP contribution < -0.4 is 4.74 Å². The van der Waals surface area contributed by atoms with Crippen LogP contribution in [0.3, 0.4) is 0 Å². The third-order valence-corrected chi connectivity index (χ3v) is 4.11. The molecule has 0 amide bonds. The Bertz CT molecular complexity index is 590. The maximum Gasteiger partial charge on any atom is 0.150 e. The predicted octanol–water partition coefficient (Wildman–Crippen LogP) is 4.02. The molecule has 2 aliphatic carbocycles. The van der Waals surface area contributed by atoms with Gasteiger partial charge in [-0.3, -0.25) is 4.79 Å². The highest BCUT2D eigenvalue weighted by Crippen LogP contribution is 2.37. The van der Waals surface area contributed by atoms with Crippen molar-refractivity contribution in [3.63, 3.8) is 0 Å². The number of hydrogen-bond acceptors (Lipinski definition) is 3. The van der Waals surface area contributed by atoms with Crippen molar-refractivity contribution in [1.82, 2.24) is 4.90 Å². The van der Waals surface area contributed by atoms with Crippen LogP contribution in [0.2, 0.25) is 0 Å². The normalized spacial score (nSPS) is 11.1. The first-order chi connectivity index (χ1) is 10.7. The molecule has 0 saturated heterocycles. The SMILES string of the molecule is CCN(CC)CCCOc1ccccc2c(C=O)cc(C)c1-2. The summed E-state index contributed by atoms with van der Waals surface area (Å²) in [5, 5.41) is 0. The maximum atomic E-state index is 11.2. The zero-order valence-electron chi connectivity index (χ0n) is 13.8. The van der Waals surface area contributed by atoms with E-state index in [2.05, 4.69) is 18.7 Å². The average Bonchev–Trinajstić information content (AvgIpc) is 2.71. The zero-order chi connectivity index (χ0) is 15.9. The van der Waals surface area contributed by atoms with E-state index in [-0.39, 0.29) is 0 Å². The summed E-state index contributed by atoms with van der Waals surface area (Å²) in [5.41, 5.74) is 3.84. The van der Waals surface area contributed by atoms with Gasteiger partial charge >= 0.3 is 0 Å². The van der Waals surface area contributed by atoms with E-state index in [0.29, 0.717) is 6.61 Å². The second-order valence-electron chi connectivity index (χ2n) is 5.50. The van der Waals surface area contributed by atoms with Gasteiger partial charge in [0.15, 0.2) is 6.29 Å². The molecule has 0 atom stereocenters. The standard InChI is InChI=1S/C19H25NO2/c1-4-20(5-2)11-8-12-22-18-10-7-6-9-17-16(14-21)13-15(3)19(17)18/h6-7,9-10,13-14H,4-5,8,11-12H2,1-3H3. The molecule has 118 valence electrons. The molecule has 0 radical (unpaired) electrons. The third kappa shape index (κ3) is 3.66. The first-order valence-corrected chi connectivity index (χ1v) is 8.03. The van der Waals surface area contributed by atoms with Gasteiger partial charge in [0, 0.05) is 17.7 Å². The summed E-state index contributed by atoms with van der Waals surface area (Å²) >= 11 is 0. The lowest BCUT2D eigenvalue weighted by molar-refractivity contribution is 0.112. The Hall–Kier alpha value is -1.87. The maximum absolute atomic E-state index is 11.2. The topological polar surface area (TPSA) is 29.5 Å². The van der Waals surface area contributed by atoms with Crippen LogP contribution >= 0.6 is 0 Å². The summed E-state index contributed by atoms with van der Waals surface area (Å²) in [6, 6.07) is 9.82. The van der Waals surface area contributed by atoms with Crippen LogP contribution in [0, 0.1) is 6.92 Å². The fourth-order valence-corrected chi connectivity index (χ4v) is 2.85. The van der Waals surface area contributed by atoms with Crippen LogP contribution in [-0.2, 0) is 0 Å². The van der Waals surface area contributed by atoms with E-state index in [0.717, 1.165) is 60.3 Å². The van der Waals surface area contributed by atoms with E-state index in [4.69, 9.17) is 4.74 Å². The molecule has 0 aromatic carbocycles. The molecule has 2 rings (SSSR count). The van der Waals surface area contributed by atoms with Gasteiger partial charge in [0.05, 0.1) is 6.61 Å². The lowest BCUT2D eigenvalue weighted by Crippen LogP contribution is -2.25. The monoisotopic (exact) mass is 299 g/mol. The summed E-state index contributed by atoms with van der Waals surface area (Å²) in [5.74, 6) is 0.866. The van der Waals surface area contributed by atoms with Crippen molar-refractivity contribution in [1.29, 1.82) is 0 Å². The number of nitrogens with zero attached hydrogens (tertiary/aromatic N) is 1. The van der Waals surface area contributed by atoms with Crippen LogP contribution in [-0.4, -0.2) is 37.4 Å². The van der Waals surface area contributed by atoms with Crippen LogP contribution in [0.4, 0.5) is 0 Å². The average molecular weight is 299 g/mol. The van der Waals surface area contributed by atoms with Crippen molar-refractivity contribution in [2.75, 3.05) is 26.2 Å². The highest BCUT2D eigenvalue weighted by Gasteiger charge is 2.16. The van der Waals surface area contributed by atoms with E-state index in [1.807, 2.05) is 37.3 Å². The number of aryl methyl sites for hydroxylation is 1. The van der Waals surface area contributed by atoms with Crippen LogP contribution in [0.1, 0.15) is 36.2 Å². The molecule has 22 heavy (non-hydrogen) atoms. The number of rotatable bonds is 8. The number of carbonyl (C=O) groups excluding carboxylic acids is 1. The second-order valence-corrected chi connectivity index (χ2v) is 5.50. The van der Waals surface area contributed by atoms with Gasteiger partial charge in [-0.05, 0) is 49.7 Å². The molecule has 0 aliphatic heterocycles. The minimum absolute atomic E-state index is 0.691. The Kier molecular flexibility index (Phi) is 5.96. The van der Waals surface area contributed by atoms with Gasteiger partial charge < -0.3 is 9.64 Å². The van der Waals surface area contributed by atoms with Crippen molar-refractivity contribution < 1.29 is 9.53 Å². The summed E-state index contributed by atoms with van der Waals surface area (Å²) in [6.45, 7) is 10.3. The lowest BCUT2D eigenvalue weighted by atomic mass is 10.1. The van der Waals surface area contributed by atoms with Crippen molar-refractivity contribution in [3.05, 3.63) is 41.5 Å². The van der Waals surface area contributed by atoms with E-state index < -0.39 is 0 Å². The first kappa shape index (κ1) is 16.5. The lowest BCUT2D eigenvalue weighted by Gasteiger charge is -2.18. The van der Waals surface area contributed by atoms with Gasteiger partial charge in [-0.1, -0.05) is 32.0 Å². The van der Waals surface area contributed by atoms with Crippen LogP contribution in [0.5, 0.6) is 5.75 Å². The molecule has 0 heterocycles. The van der Waals surface area contributed by atoms with Crippen molar-refractivity contribution >= 4 is 6.29 Å². The van der Waals surface area contributed by atoms with Crippen molar-refractivity contribution in [3.8, 4) is 16.9 Å². The highest BCUT2D eigenvalue weighted by atomic mass is 16.5. The number of ether oxygens (including phenoxy) is 1. The number of fused-ring (bicyclic) bond motifs is 1. The molecule has 0 unspecified atom stereocenters. The molecule has 0 aromatic heterocycles. The van der Waals surface area contributed by atoms with Gasteiger partial charge in [0.1, 0.15) is 5.75 Å². The minimum atomic E-state index is 0.691. The largest absolute Gasteiger partial charge is 0.493 e. The van der Waals surface area contributed by atoms with Crippen molar-refractivity contribution in [2.24, 2.45) is 0 Å². The van der Waals surface area contributed by atoms with Crippen LogP contribution in [0.15, 0.2) is 30.3 Å². The quantitative estimate of drug-likeness (QED) is 0.544. The summed E-state index contributed by atoms with van der Waals surface area (Å²) in [6.07, 6.45) is 1.92. The van der Waals surface area contributed by atoms with Gasteiger partial charge in [0.25, 0.3) is 0 Å². The molecular weight excluding hydrogens is 274 g/mol. The predicted molar refractivity (Wildman–Crippen MR) is 91.1 cm³/mol. The summed E-state index contributed by atoms with van der Waals surface area (Å²) < 4.78 is 6.01. The third-order valence-electron chi connectivity index (χ3n) is 4.11. The van der Waals surface area contributed by atoms with Gasteiger partial charge in [-0.25, -0.2) is 0 Å². The molecule has 0 aromatic rings. The fraction of sp³-hybridized carbons (Fsp3) is 0.421. The van der Waals surface area contributed by atoms with E-state index >= 15 is 0 Å². The first-order valence-electron chi connectivity index (χ1n) is 8.03. The van der Waals surface area contributed by atoms with Gasteiger partial charge in [-0.2, -0.15) is 0 Å². The molecule has 3 nitrogen and oxygen atoms in total. The molecule has 0 fully saturated rings. The van der Waals surface area contributed by atoms with E-state index in [9.17, 15) is 4.79 Å². The number of aldehydes is 1. The smallest absolute Gasteiger partial charge is 0.150 e. The molecular formula is C19H25NO2. The fourth-order valence-electron chi connectivity index (χ4n) is 2.85. The second kappa shape index (κ2) is 7.95. The van der Waals surface area contributed by atoms with Gasteiger partial charge in [-0.15, -0.1) is 0 Å². The Labute approximate surface area is 133 Å². The minimum Gasteiger partial charge on any atom is -0.493 e. The van der Waals surface area contributed by atoms with Gasteiger partial charge in [0.2, 0.25) is 0 Å². The molecule has 0 spiro atoms. The molecule has 3 heteroatoms. The van der Waals surface area contributed by atoms with Crippen molar-refractivity contribution in [2.45, 2.75) is 27.2 Å². The Morgan fingerprint density at radius 1 is 1.18 bits per heavy atom. The summed E-state index contributed by atoms with van der Waals surface area (Å²) in [7, 11) is 0. The molecule has 2 aliphatic rings. The number of carbonyl (C=O) groups is 1.